The maximum atomic E-state index is 10.2. The Bertz CT molecular complexity index is 478. The number of aliphatic hydroxyl groups is 1. The van der Waals surface area contributed by atoms with Gasteiger partial charge >= 0.3 is 0 Å². The van der Waals surface area contributed by atoms with E-state index in [2.05, 4.69) is 21.0 Å². The van der Waals surface area contributed by atoms with Crippen LogP contribution in [0.2, 0.25) is 0 Å². The Morgan fingerprint density at radius 2 is 2.00 bits per heavy atom. The van der Waals surface area contributed by atoms with Crippen LogP contribution in [0.1, 0.15) is 24.3 Å². The molecule has 1 heterocycles. The van der Waals surface area contributed by atoms with Crippen LogP contribution < -0.4 is 0 Å². The molecule has 2 rings (SSSR count). The number of benzene rings is 1. The molecule has 1 unspecified atom stereocenters. The third-order valence-electron chi connectivity index (χ3n) is 2.73. The molecular weight excluding hydrogens is 280 g/mol. The highest BCUT2D eigenvalue weighted by Crippen LogP contribution is 2.19. The van der Waals surface area contributed by atoms with Gasteiger partial charge in [0.25, 0.3) is 0 Å². The van der Waals surface area contributed by atoms with Crippen molar-refractivity contribution in [3.05, 3.63) is 52.3 Å². The van der Waals surface area contributed by atoms with Gasteiger partial charge in [0.05, 0.1) is 11.8 Å². The molecule has 1 aromatic heterocycles. The summed E-state index contributed by atoms with van der Waals surface area (Å²) in [6, 6.07) is 9.87. The second kappa shape index (κ2) is 5.47. The molecule has 4 heteroatoms. The summed E-state index contributed by atoms with van der Waals surface area (Å²) in [5.41, 5.74) is 1.99. The van der Waals surface area contributed by atoms with E-state index in [1.54, 1.807) is 6.20 Å². The van der Waals surface area contributed by atoms with Gasteiger partial charge in [-0.05, 0) is 30.7 Å². The lowest BCUT2D eigenvalue weighted by atomic mass is 10.1. The Labute approximate surface area is 109 Å². The van der Waals surface area contributed by atoms with Crippen LogP contribution in [-0.2, 0) is 13.0 Å². The van der Waals surface area contributed by atoms with Crippen LogP contribution in [0.4, 0.5) is 0 Å². The summed E-state index contributed by atoms with van der Waals surface area (Å²) in [5, 5.41) is 14.3. The molecule has 0 saturated heterocycles. The van der Waals surface area contributed by atoms with Gasteiger partial charge in [-0.3, -0.25) is 4.68 Å². The van der Waals surface area contributed by atoms with Crippen molar-refractivity contribution in [2.45, 2.75) is 26.0 Å². The van der Waals surface area contributed by atoms with Crippen molar-refractivity contribution in [1.82, 2.24) is 9.78 Å². The molecule has 0 amide bonds. The molecule has 90 valence electrons. The van der Waals surface area contributed by atoms with Crippen LogP contribution in [0.3, 0.4) is 0 Å². The summed E-state index contributed by atoms with van der Waals surface area (Å²) in [6.07, 6.45) is 1.83. The number of aryl methyl sites for hydroxylation is 1. The van der Waals surface area contributed by atoms with E-state index < -0.39 is 6.10 Å². The zero-order valence-electron chi connectivity index (χ0n) is 9.68. The molecule has 0 aliphatic heterocycles. The molecule has 0 radical (unpaired) electrons. The van der Waals surface area contributed by atoms with Gasteiger partial charge in [0, 0.05) is 23.6 Å². The van der Waals surface area contributed by atoms with E-state index in [1.165, 1.54) is 0 Å². The van der Waals surface area contributed by atoms with Gasteiger partial charge in [-0.2, -0.15) is 5.10 Å². The van der Waals surface area contributed by atoms with E-state index in [1.807, 2.05) is 41.9 Å². The van der Waals surface area contributed by atoms with Crippen molar-refractivity contribution in [3.63, 3.8) is 0 Å². The molecule has 0 fully saturated rings. The summed E-state index contributed by atoms with van der Waals surface area (Å²) in [7, 11) is 0. The third kappa shape index (κ3) is 2.96. The number of aromatic nitrogens is 2. The molecule has 1 N–H and O–H groups in total. The van der Waals surface area contributed by atoms with E-state index in [0.717, 1.165) is 22.3 Å². The van der Waals surface area contributed by atoms with Crippen LogP contribution in [0.25, 0.3) is 0 Å². The fourth-order valence-corrected chi connectivity index (χ4v) is 2.10. The zero-order valence-corrected chi connectivity index (χ0v) is 11.3. The molecule has 0 spiro atoms. The predicted octanol–water partition coefficient (Wildman–Crippen LogP) is 2.94. The Morgan fingerprint density at radius 1 is 1.29 bits per heavy atom. The summed E-state index contributed by atoms with van der Waals surface area (Å²) >= 11 is 3.40. The number of hydrogen-bond acceptors (Lipinski definition) is 2. The van der Waals surface area contributed by atoms with Crippen LogP contribution in [0.15, 0.2) is 41.0 Å². The van der Waals surface area contributed by atoms with E-state index in [9.17, 15) is 5.11 Å². The quantitative estimate of drug-likeness (QED) is 0.941. The Kier molecular flexibility index (Phi) is 3.97. The first kappa shape index (κ1) is 12.3. The smallest absolute Gasteiger partial charge is 0.0996 e. The Hall–Kier alpha value is -1.13. The minimum atomic E-state index is -0.501. The molecule has 1 atom stereocenters. The number of aliphatic hydroxyl groups excluding tert-OH is 1. The Balaban J connectivity index is 2.11. The fourth-order valence-electron chi connectivity index (χ4n) is 1.84. The van der Waals surface area contributed by atoms with Gasteiger partial charge in [0.15, 0.2) is 0 Å². The van der Waals surface area contributed by atoms with Crippen LogP contribution in [0, 0.1) is 0 Å². The highest BCUT2D eigenvalue weighted by atomic mass is 79.9. The summed E-state index contributed by atoms with van der Waals surface area (Å²) in [4.78, 5) is 0. The van der Waals surface area contributed by atoms with Gasteiger partial charge in [0.1, 0.15) is 0 Å². The fraction of sp³-hybridized carbons (Fsp3) is 0.308. The highest BCUT2D eigenvalue weighted by Gasteiger charge is 2.12. The normalized spacial score (nSPS) is 12.6. The SMILES string of the molecule is CCn1nccc1C(O)Cc1ccc(Br)cc1. The average Bonchev–Trinajstić information content (AvgIpc) is 2.80. The van der Waals surface area contributed by atoms with E-state index in [-0.39, 0.29) is 0 Å². The van der Waals surface area contributed by atoms with Gasteiger partial charge in [0.2, 0.25) is 0 Å². The molecule has 2 aromatic rings. The van der Waals surface area contributed by atoms with Crippen LogP contribution >= 0.6 is 15.9 Å². The van der Waals surface area contributed by atoms with Gasteiger partial charge in [-0.1, -0.05) is 28.1 Å². The van der Waals surface area contributed by atoms with E-state index >= 15 is 0 Å². The van der Waals surface area contributed by atoms with Gasteiger partial charge in [-0.25, -0.2) is 0 Å². The second-order valence-electron chi connectivity index (χ2n) is 3.92. The molecule has 17 heavy (non-hydrogen) atoms. The largest absolute Gasteiger partial charge is 0.386 e. The lowest BCUT2D eigenvalue weighted by Gasteiger charge is -2.12. The van der Waals surface area contributed by atoms with Crippen molar-refractivity contribution in [2.75, 3.05) is 0 Å². The molecule has 1 aromatic carbocycles. The monoisotopic (exact) mass is 294 g/mol. The van der Waals surface area contributed by atoms with E-state index in [4.69, 9.17) is 0 Å². The third-order valence-corrected chi connectivity index (χ3v) is 3.26. The second-order valence-corrected chi connectivity index (χ2v) is 4.83. The summed E-state index contributed by atoms with van der Waals surface area (Å²) in [6.45, 7) is 2.79. The number of hydrogen-bond donors (Lipinski definition) is 1. The van der Waals surface area contributed by atoms with Crippen molar-refractivity contribution in [3.8, 4) is 0 Å². The molecule has 3 nitrogen and oxygen atoms in total. The van der Waals surface area contributed by atoms with Crippen molar-refractivity contribution in [2.24, 2.45) is 0 Å². The van der Waals surface area contributed by atoms with Crippen molar-refractivity contribution in [1.29, 1.82) is 0 Å². The molecule has 0 aliphatic rings. The van der Waals surface area contributed by atoms with Crippen LogP contribution in [-0.4, -0.2) is 14.9 Å². The minimum absolute atomic E-state index is 0.501. The molecule has 0 aliphatic carbocycles. The topological polar surface area (TPSA) is 38.0 Å². The maximum Gasteiger partial charge on any atom is 0.0996 e. The van der Waals surface area contributed by atoms with Gasteiger partial charge in [-0.15, -0.1) is 0 Å². The lowest BCUT2D eigenvalue weighted by molar-refractivity contribution is 0.167. The zero-order chi connectivity index (χ0) is 12.3. The molecule has 0 saturated carbocycles. The molecule has 0 bridgehead atoms. The number of rotatable bonds is 4. The number of nitrogens with zero attached hydrogens (tertiary/aromatic N) is 2. The lowest BCUT2D eigenvalue weighted by Crippen LogP contribution is -2.10. The van der Waals surface area contributed by atoms with Gasteiger partial charge < -0.3 is 5.11 Å². The average molecular weight is 295 g/mol. The minimum Gasteiger partial charge on any atom is -0.386 e. The first-order valence-electron chi connectivity index (χ1n) is 5.65. The standard InChI is InChI=1S/C13H15BrN2O/c1-2-16-12(7-8-15-16)13(17)9-10-3-5-11(14)6-4-10/h3-8,13,17H,2,9H2,1H3. The highest BCUT2D eigenvalue weighted by molar-refractivity contribution is 9.10. The predicted molar refractivity (Wildman–Crippen MR) is 70.7 cm³/mol. The van der Waals surface area contributed by atoms with Crippen molar-refractivity contribution < 1.29 is 5.11 Å². The summed E-state index contributed by atoms with van der Waals surface area (Å²) < 4.78 is 2.87. The molecular formula is C13H15BrN2O. The maximum absolute atomic E-state index is 10.2. The number of halogens is 1. The summed E-state index contributed by atoms with van der Waals surface area (Å²) in [5.74, 6) is 0. The first-order chi connectivity index (χ1) is 8.20. The Morgan fingerprint density at radius 3 is 2.65 bits per heavy atom. The first-order valence-corrected chi connectivity index (χ1v) is 6.44. The van der Waals surface area contributed by atoms with Crippen molar-refractivity contribution >= 4 is 15.9 Å². The van der Waals surface area contributed by atoms with Crippen LogP contribution in [0.5, 0.6) is 0 Å². The van der Waals surface area contributed by atoms with E-state index in [0.29, 0.717) is 6.42 Å².